The van der Waals surface area contributed by atoms with Gasteiger partial charge in [0.1, 0.15) is 11.5 Å². The highest BCUT2D eigenvalue weighted by Crippen LogP contribution is 2.42. The third-order valence-corrected chi connectivity index (χ3v) is 6.18. The Morgan fingerprint density at radius 1 is 1.25 bits per heavy atom. The second-order valence-electron chi connectivity index (χ2n) is 5.84. The number of amides is 3. The number of nitrogens with one attached hydrogen (secondary N) is 1. The zero-order valence-corrected chi connectivity index (χ0v) is 17.8. The molecule has 1 aliphatic heterocycles. The molecule has 1 heterocycles. The molecule has 2 aromatic carbocycles. The summed E-state index contributed by atoms with van der Waals surface area (Å²) in [6.45, 7) is 1.93. The quantitative estimate of drug-likeness (QED) is 0.454. The zero-order chi connectivity index (χ0) is 20.4. The maximum atomic E-state index is 13.9. The average molecular weight is 514 g/mol. The van der Waals surface area contributed by atoms with Crippen LogP contribution < -0.4 is 10.1 Å². The highest BCUT2D eigenvalue weighted by Gasteiger charge is 2.34. The Morgan fingerprint density at radius 2 is 1.96 bits per heavy atom. The molecule has 28 heavy (non-hydrogen) atoms. The van der Waals surface area contributed by atoms with E-state index in [-0.39, 0.29) is 29.3 Å². The molecule has 0 atom stereocenters. The van der Waals surface area contributed by atoms with Crippen molar-refractivity contribution in [3.8, 4) is 11.5 Å². The smallest absolute Gasteiger partial charge is 0.329 e. The first-order valence-electron chi connectivity index (χ1n) is 8.25. The molecule has 1 fully saturated rings. The van der Waals surface area contributed by atoms with Crippen LogP contribution in [-0.4, -0.2) is 28.6 Å². The number of halogens is 3. The zero-order valence-electron chi connectivity index (χ0n) is 14.6. The minimum atomic E-state index is -0.640. The third-order valence-electron chi connectivity index (χ3n) is 4.02. The van der Waals surface area contributed by atoms with Crippen LogP contribution in [0.1, 0.15) is 18.1 Å². The predicted molar refractivity (Wildman–Crippen MR) is 108 cm³/mol. The number of urea groups is 1. The molecule has 1 aliphatic rings. The van der Waals surface area contributed by atoms with Crippen LogP contribution >= 0.6 is 31.9 Å². The summed E-state index contributed by atoms with van der Waals surface area (Å²) in [5, 5.41) is 12.6. The van der Waals surface area contributed by atoms with Crippen molar-refractivity contribution in [1.29, 1.82) is 0 Å². The van der Waals surface area contributed by atoms with Gasteiger partial charge in [-0.2, -0.15) is 0 Å². The first kappa shape index (κ1) is 20.3. The monoisotopic (exact) mass is 512 g/mol. The standard InChI is InChI=1S/C19H15Br2FN2O4/c1-2-28-14-8-11(15(20)16(21)17(14)25)7-13-18(26)24(19(27)23-13)9-10-5-3-4-6-12(10)22/h3-8,25H,2,9H2,1H3,(H,23,27)/b13-7+. The van der Waals surface area contributed by atoms with Gasteiger partial charge in [-0.3, -0.25) is 9.69 Å². The normalized spacial score (nSPS) is 15.3. The fourth-order valence-corrected chi connectivity index (χ4v) is 3.49. The van der Waals surface area contributed by atoms with Gasteiger partial charge >= 0.3 is 6.03 Å². The number of carbonyl (C=O) groups is 2. The molecule has 0 aliphatic carbocycles. The van der Waals surface area contributed by atoms with Crippen LogP contribution in [0.5, 0.6) is 11.5 Å². The fourth-order valence-electron chi connectivity index (χ4n) is 2.65. The SMILES string of the molecule is CCOc1cc(/C=C2/NC(=O)N(Cc3ccccc3F)C2=O)c(Br)c(Br)c1O. The minimum absolute atomic E-state index is 0.0297. The molecule has 0 radical (unpaired) electrons. The lowest BCUT2D eigenvalue weighted by Gasteiger charge is -2.12. The van der Waals surface area contributed by atoms with Crippen molar-refractivity contribution < 1.29 is 23.8 Å². The van der Waals surface area contributed by atoms with Gasteiger partial charge in [0.05, 0.1) is 17.6 Å². The number of hydrogen-bond donors (Lipinski definition) is 2. The molecule has 0 aromatic heterocycles. The highest BCUT2D eigenvalue weighted by atomic mass is 79.9. The lowest BCUT2D eigenvalue weighted by atomic mass is 10.1. The van der Waals surface area contributed by atoms with Crippen molar-refractivity contribution in [3.63, 3.8) is 0 Å². The van der Waals surface area contributed by atoms with E-state index in [0.29, 0.717) is 21.1 Å². The van der Waals surface area contributed by atoms with Gasteiger partial charge in [0.2, 0.25) is 0 Å². The summed E-state index contributed by atoms with van der Waals surface area (Å²) < 4.78 is 20.1. The third kappa shape index (κ3) is 3.90. The summed E-state index contributed by atoms with van der Waals surface area (Å²) in [4.78, 5) is 25.8. The number of carbonyl (C=O) groups excluding carboxylic acids is 2. The number of phenolic OH excluding ortho intramolecular Hbond substituents is 1. The number of aromatic hydroxyl groups is 1. The van der Waals surface area contributed by atoms with E-state index >= 15 is 0 Å². The minimum Gasteiger partial charge on any atom is -0.503 e. The molecule has 2 N–H and O–H groups in total. The second kappa shape index (κ2) is 8.32. The molecular weight excluding hydrogens is 499 g/mol. The molecule has 0 unspecified atom stereocenters. The molecule has 0 spiro atoms. The maximum Gasteiger partial charge on any atom is 0.329 e. The number of ether oxygens (including phenoxy) is 1. The van der Waals surface area contributed by atoms with Crippen LogP contribution in [0, 0.1) is 5.82 Å². The number of rotatable bonds is 5. The summed E-state index contributed by atoms with van der Waals surface area (Å²) in [7, 11) is 0. The highest BCUT2D eigenvalue weighted by molar-refractivity contribution is 9.13. The first-order valence-corrected chi connectivity index (χ1v) is 9.83. The van der Waals surface area contributed by atoms with Gasteiger partial charge in [0.25, 0.3) is 5.91 Å². The van der Waals surface area contributed by atoms with Crippen molar-refractivity contribution in [2.75, 3.05) is 6.61 Å². The van der Waals surface area contributed by atoms with Gasteiger partial charge < -0.3 is 15.2 Å². The Bertz CT molecular complexity index is 994. The van der Waals surface area contributed by atoms with Crippen LogP contribution in [0.4, 0.5) is 9.18 Å². The van der Waals surface area contributed by atoms with Gasteiger partial charge in [-0.15, -0.1) is 0 Å². The van der Waals surface area contributed by atoms with Gasteiger partial charge in [0.15, 0.2) is 11.5 Å². The molecule has 146 valence electrons. The fraction of sp³-hybridized carbons (Fsp3) is 0.158. The Labute approximate surface area is 177 Å². The second-order valence-corrected chi connectivity index (χ2v) is 7.43. The molecule has 0 saturated carbocycles. The largest absolute Gasteiger partial charge is 0.503 e. The van der Waals surface area contributed by atoms with Gasteiger partial charge in [-0.25, -0.2) is 9.18 Å². The number of nitrogens with zero attached hydrogens (tertiary/aromatic N) is 1. The number of hydrogen-bond acceptors (Lipinski definition) is 4. The summed E-state index contributed by atoms with van der Waals surface area (Å²) in [6.07, 6.45) is 1.46. The summed E-state index contributed by atoms with van der Waals surface area (Å²) in [5.41, 5.74) is 0.769. The molecule has 0 bridgehead atoms. The number of benzene rings is 2. The van der Waals surface area contributed by atoms with E-state index in [0.717, 1.165) is 4.90 Å². The molecule has 1 saturated heterocycles. The summed E-state index contributed by atoms with van der Waals surface area (Å²) in [5.74, 6) is -0.933. The van der Waals surface area contributed by atoms with Crippen LogP contribution in [0.3, 0.4) is 0 Å². The molecule has 2 aromatic rings. The Hall–Kier alpha value is -2.39. The van der Waals surface area contributed by atoms with E-state index in [1.54, 1.807) is 19.1 Å². The Morgan fingerprint density at radius 3 is 2.64 bits per heavy atom. The topological polar surface area (TPSA) is 78.9 Å². The average Bonchev–Trinajstić information content (AvgIpc) is 2.93. The van der Waals surface area contributed by atoms with E-state index < -0.39 is 17.8 Å². The molecule has 6 nitrogen and oxygen atoms in total. The molecule has 3 amide bonds. The molecule has 3 rings (SSSR count). The predicted octanol–water partition coefficient (Wildman–Crippen LogP) is 4.55. The summed E-state index contributed by atoms with van der Waals surface area (Å²) in [6, 6.07) is 6.85. The van der Waals surface area contributed by atoms with E-state index in [1.807, 2.05) is 0 Å². The first-order chi connectivity index (χ1) is 13.3. The van der Waals surface area contributed by atoms with Crippen molar-refractivity contribution in [2.24, 2.45) is 0 Å². The van der Waals surface area contributed by atoms with Crippen LogP contribution in [0.2, 0.25) is 0 Å². The maximum absolute atomic E-state index is 13.9. The van der Waals surface area contributed by atoms with E-state index in [1.165, 1.54) is 24.3 Å². The lowest BCUT2D eigenvalue weighted by molar-refractivity contribution is -0.123. The van der Waals surface area contributed by atoms with Gasteiger partial charge in [-0.05, 0) is 62.6 Å². The van der Waals surface area contributed by atoms with Crippen molar-refractivity contribution in [2.45, 2.75) is 13.5 Å². The van der Waals surface area contributed by atoms with Crippen molar-refractivity contribution in [3.05, 3.63) is 61.9 Å². The molecular formula is C19H15Br2FN2O4. The van der Waals surface area contributed by atoms with E-state index in [9.17, 15) is 19.1 Å². The Balaban J connectivity index is 1.93. The molecule has 9 heteroatoms. The van der Waals surface area contributed by atoms with E-state index in [4.69, 9.17) is 4.74 Å². The van der Waals surface area contributed by atoms with E-state index in [2.05, 4.69) is 37.2 Å². The van der Waals surface area contributed by atoms with Crippen molar-refractivity contribution >= 4 is 49.9 Å². The number of imide groups is 1. The number of phenols is 1. The van der Waals surface area contributed by atoms with Crippen LogP contribution in [-0.2, 0) is 11.3 Å². The van der Waals surface area contributed by atoms with Crippen LogP contribution in [0.25, 0.3) is 6.08 Å². The Kier molecular flexibility index (Phi) is 6.04. The van der Waals surface area contributed by atoms with Crippen LogP contribution in [0.15, 0.2) is 45.0 Å². The van der Waals surface area contributed by atoms with Crippen molar-refractivity contribution in [1.82, 2.24) is 10.2 Å². The lowest BCUT2D eigenvalue weighted by Crippen LogP contribution is -2.30. The van der Waals surface area contributed by atoms with Gasteiger partial charge in [-0.1, -0.05) is 18.2 Å². The van der Waals surface area contributed by atoms with Gasteiger partial charge in [0, 0.05) is 10.0 Å². The summed E-state index contributed by atoms with van der Waals surface area (Å²) >= 11 is 6.60.